The molecule has 1 aliphatic rings. The number of nitrogen functional groups attached to an aromatic ring is 2. The minimum Gasteiger partial charge on any atom is -0.399 e. The lowest BCUT2D eigenvalue weighted by Crippen LogP contribution is -2.62. The molecule has 0 radical (unpaired) electrons. The number of rotatable bonds is 7. The first-order valence-corrected chi connectivity index (χ1v) is 11.0. The van der Waals surface area contributed by atoms with Gasteiger partial charge >= 0.3 is 0 Å². The molecule has 1 fully saturated rings. The van der Waals surface area contributed by atoms with Gasteiger partial charge in [0, 0.05) is 43.9 Å². The number of carbonyl (C=O) groups is 2. The highest BCUT2D eigenvalue weighted by atomic mass is 16.5. The Kier molecular flexibility index (Phi) is 7.15. The van der Waals surface area contributed by atoms with E-state index in [9.17, 15) is 9.59 Å². The summed E-state index contributed by atoms with van der Waals surface area (Å²) in [6.07, 6.45) is 5.61. The normalized spacial score (nSPS) is 19.0. The first-order valence-electron chi connectivity index (χ1n) is 11.0. The molecular formula is C25H28N6O3. The van der Waals surface area contributed by atoms with E-state index in [1.54, 1.807) is 30.2 Å². The number of hydrogen-bond acceptors (Lipinski definition) is 8. The second-order valence-electron chi connectivity index (χ2n) is 8.26. The van der Waals surface area contributed by atoms with Crippen molar-refractivity contribution in [1.29, 1.82) is 0 Å². The molecule has 176 valence electrons. The molecule has 0 spiro atoms. The molecule has 3 aromatic rings. The summed E-state index contributed by atoms with van der Waals surface area (Å²) in [5, 5.41) is 0.791. The molecule has 34 heavy (non-hydrogen) atoms. The number of methoxy groups -OCH3 is 1. The highest BCUT2D eigenvalue weighted by Gasteiger charge is 2.38. The Morgan fingerprint density at radius 1 is 1.15 bits per heavy atom. The lowest BCUT2D eigenvalue weighted by atomic mass is 10.0. The fourth-order valence-corrected chi connectivity index (χ4v) is 4.30. The average Bonchev–Trinajstić information content (AvgIpc) is 2.84. The van der Waals surface area contributed by atoms with E-state index in [-0.39, 0.29) is 12.5 Å². The second-order valence-corrected chi connectivity index (χ2v) is 8.26. The Balaban J connectivity index is 1.51. The number of anilines is 2. The minimum atomic E-state index is -0.506. The third-order valence-corrected chi connectivity index (χ3v) is 6.08. The largest absolute Gasteiger partial charge is 0.399 e. The topological polar surface area (TPSA) is 128 Å². The van der Waals surface area contributed by atoms with Gasteiger partial charge < -0.3 is 25.9 Å². The zero-order valence-corrected chi connectivity index (χ0v) is 19.0. The lowest BCUT2D eigenvalue weighted by Gasteiger charge is -2.45. The van der Waals surface area contributed by atoms with Crippen LogP contribution in [-0.4, -0.2) is 70.9 Å². The van der Waals surface area contributed by atoms with Crippen LogP contribution in [0.4, 0.5) is 11.5 Å². The first kappa shape index (κ1) is 23.3. The Hall–Kier alpha value is -3.82. The predicted octanol–water partition coefficient (Wildman–Crippen LogP) is 1.73. The van der Waals surface area contributed by atoms with Crippen LogP contribution in [0.15, 0.2) is 54.9 Å². The molecule has 2 aromatic carbocycles. The Bertz CT molecular complexity index is 1200. The maximum absolute atomic E-state index is 13.0. The van der Waals surface area contributed by atoms with Crippen molar-refractivity contribution in [2.45, 2.75) is 18.6 Å². The van der Waals surface area contributed by atoms with E-state index in [0.717, 1.165) is 28.3 Å². The van der Waals surface area contributed by atoms with Crippen molar-refractivity contribution in [3.63, 3.8) is 0 Å². The summed E-state index contributed by atoms with van der Waals surface area (Å²) >= 11 is 0. The molecule has 1 aromatic heterocycles. The molecule has 9 nitrogen and oxygen atoms in total. The van der Waals surface area contributed by atoms with Crippen molar-refractivity contribution >= 4 is 40.7 Å². The molecule has 4 N–H and O–H groups in total. The van der Waals surface area contributed by atoms with E-state index in [4.69, 9.17) is 16.2 Å². The summed E-state index contributed by atoms with van der Waals surface area (Å²) < 4.78 is 5.39. The number of fused-ring (bicyclic) bond motifs is 1. The molecule has 4 rings (SSSR count). The van der Waals surface area contributed by atoms with Gasteiger partial charge in [0.1, 0.15) is 18.4 Å². The van der Waals surface area contributed by atoms with Gasteiger partial charge in [-0.05, 0) is 41.5 Å². The molecule has 0 saturated carbocycles. The van der Waals surface area contributed by atoms with Crippen LogP contribution in [0.2, 0.25) is 0 Å². The highest BCUT2D eigenvalue weighted by molar-refractivity contribution is 5.92. The molecule has 1 amide bonds. The molecule has 0 aliphatic carbocycles. The molecular weight excluding hydrogens is 432 g/mol. The van der Waals surface area contributed by atoms with Crippen LogP contribution in [0.1, 0.15) is 11.1 Å². The van der Waals surface area contributed by atoms with Gasteiger partial charge in [-0.1, -0.05) is 18.2 Å². The molecule has 1 saturated heterocycles. The second kappa shape index (κ2) is 10.4. The number of piperazine rings is 1. The van der Waals surface area contributed by atoms with Gasteiger partial charge in [-0.2, -0.15) is 0 Å². The predicted molar refractivity (Wildman–Crippen MR) is 131 cm³/mol. The summed E-state index contributed by atoms with van der Waals surface area (Å²) in [5.41, 5.74) is 14.9. The van der Waals surface area contributed by atoms with Gasteiger partial charge in [0.2, 0.25) is 5.91 Å². The zero-order valence-electron chi connectivity index (χ0n) is 19.0. The van der Waals surface area contributed by atoms with Gasteiger partial charge in [-0.25, -0.2) is 9.97 Å². The smallest absolute Gasteiger partial charge is 0.247 e. The van der Waals surface area contributed by atoms with Crippen molar-refractivity contribution in [2.24, 2.45) is 0 Å². The number of benzene rings is 2. The maximum Gasteiger partial charge on any atom is 0.247 e. The third kappa shape index (κ3) is 5.05. The summed E-state index contributed by atoms with van der Waals surface area (Å²) in [4.78, 5) is 37.3. The maximum atomic E-state index is 13.0. The summed E-state index contributed by atoms with van der Waals surface area (Å²) in [7, 11) is 1.57. The number of aldehydes is 1. The number of hydrogen-bond donors (Lipinski definition) is 2. The molecule has 9 heteroatoms. The summed E-state index contributed by atoms with van der Waals surface area (Å²) in [6.45, 7) is 1.82. The van der Waals surface area contributed by atoms with Crippen LogP contribution >= 0.6 is 0 Å². The van der Waals surface area contributed by atoms with Crippen molar-refractivity contribution in [1.82, 2.24) is 19.8 Å². The highest BCUT2D eigenvalue weighted by Crippen LogP contribution is 2.23. The van der Waals surface area contributed by atoms with Crippen molar-refractivity contribution in [2.75, 3.05) is 38.3 Å². The number of ether oxygens (including phenoxy) is 1. The Morgan fingerprint density at radius 2 is 1.94 bits per heavy atom. The van der Waals surface area contributed by atoms with Gasteiger partial charge in [-0.15, -0.1) is 0 Å². The monoisotopic (exact) mass is 460 g/mol. The number of carbonyl (C=O) groups excluding carboxylic acids is 2. The van der Waals surface area contributed by atoms with Gasteiger partial charge in [0.25, 0.3) is 0 Å². The van der Waals surface area contributed by atoms with E-state index in [2.05, 4.69) is 14.9 Å². The molecule has 0 bridgehead atoms. The summed E-state index contributed by atoms with van der Waals surface area (Å²) in [5.74, 6) is 0.268. The van der Waals surface area contributed by atoms with Crippen LogP contribution in [0.5, 0.6) is 0 Å². The van der Waals surface area contributed by atoms with Gasteiger partial charge in [-0.3, -0.25) is 9.69 Å². The average molecular weight is 461 g/mol. The minimum absolute atomic E-state index is 0.164. The first-order chi connectivity index (χ1) is 16.5. The Morgan fingerprint density at radius 3 is 2.68 bits per heavy atom. The third-order valence-electron chi connectivity index (χ3n) is 6.08. The fraction of sp³-hybridized carbons (Fsp3) is 0.280. The van der Waals surface area contributed by atoms with Gasteiger partial charge in [0.05, 0.1) is 24.2 Å². The zero-order chi connectivity index (χ0) is 24.1. The fourth-order valence-electron chi connectivity index (χ4n) is 4.30. The quantitative estimate of drug-likeness (QED) is 0.310. The van der Waals surface area contributed by atoms with E-state index >= 15 is 0 Å². The van der Waals surface area contributed by atoms with Crippen LogP contribution in [0.3, 0.4) is 0 Å². The van der Waals surface area contributed by atoms with Crippen LogP contribution in [0.25, 0.3) is 17.0 Å². The Labute approximate surface area is 198 Å². The SMILES string of the molecule is COC[C@@H]1C(C=O)N(Cc2ccc3c(N)ncnc3c2)CCN1C(=O)C=Cc1ccc(N)cc1. The number of nitrogens with two attached hydrogens (primary N) is 2. The van der Waals surface area contributed by atoms with Crippen molar-refractivity contribution in [3.8, 4) is 0 Å². The molecule has 1 aliphatic heterocycles. The molecule has 2 heterocycles. The van der Waals surface area contributed by atoms with Crippen LogP contribution < -0.4 is 11.5 Å². The van der Waals surface area contributed by atoms with E-state index < -0.39 is 12.1 Å². The van der Waals surface area contributed by atoms with Crippen molar-refractivity contribution in [3.05, 3.63) is 66.0 Å². The summed E-state index contributed by atoms with van der Waals surface area (Å²) in [6, 6.07) is 12.2. The number of amides is 1. The number of aromatic nitrogens is 2. The lowest BCUT2D eigenvalue weighted by molar-refractivity contribution is -0.138. The van der Waals surface area contributed by atoms with Crippen LogP contribution in [-0.2, 0) is 20.9 Å². The molecule has 2 atom stereocenters. The standard InChI is InChI=1S/C25H28N6O3/c1-34-15-23-22(14-32)30(13-18-4-8-20-21(12-18)28-16-29-25(20)27)10-11-31(23)24(33)9-5-17-2-6-19(26)7-3-17/h2-9,12,14,16,22-23H,10-11,13,15,26H2,1H3,(H2,27,28,29)/t22?,23-/m1/s1. The number of nitrogens with zero attached hydrogens (tertiary/aromatic N) is 4. The molecule has 1 unspecified atom stereocenters. The van der Waals surface area contributed by atoms with Crippen LogP contribution in [0, 0.1) is 0 Å². The van der Waals surface area contributed by atoms with Gasteiger partial charge in [0.15, 0.2) is 0 Å². The van der Waals surface area contributed by atoms with E-state index in [1.807, 2.05) is 30.3 Å². The van der Waals surface area contributed by atoms with E-state index in [1.165, 1.54) is 12.4 Å². The van der Waals surface area contributed by atoms with Crippen molar-refractivity contribution < 1.29 is 14.3 Å². The van der Waals surface area contributed by atoms with E-state index in [0.29, 0.717) is 31.1 Å².